The van der Waals surface area contributed by atoms with Gasteiger partial charge in [-0.2, -0.15) is 0 Å². The molecule has 0 aliphatic carbocycles. The molecule has 1 atom stereocenters. The molecular weight excluding hydrogens is 244 g/mol. The summed E-state index contributed by atoms with van der Waals surface area (Å²) in [5.41, 5.74) is 1.96. The van der Waals surface area contributed by atoms with E-state index in [1.807, 2.05) is 19.2 Å². The highest BCUT2D eigenvalue weighted by Crippen LogP contribution is 2.26. The lowest BCUT2D eigenvalue weighted by Gasteiger charge is -2.10. The first-order chi connectivity index (χ1) is 8.72. The molecule has 0 saturated carbocycles. The highest BCUT2D eigenvalue weighted by atomic mass is 32.1. The molecule has 1 fully saturated rings. The third-order valence-corrected chi connectivity index (χ3v) is 4.02. The Hall–Kier alpha value is -1.33. The van der Waals surface area contributed by atoms with Crippen LogP contribution in [-0.2, 0) is 0 Å². The van der Waals surface area contributed by atoms with Crippen LogP contribution in [0, 0.1) is 13.8 Å². The Bertz CT molecular complexity index is 558. The molecule has 0 aromatic carbocycles. The predicted octanol–water partition coefficient (Wildman–Crippen LogP) is 2.64. The first-order valence-corrected chi connectivity index (χ1v) is 7.06. The third kappa shape index (κ3) is 2.28. The van der Waals surface area contributed by atoms with E-state index >= 15 is 0 Å². The average molecular weight is 260 g/mol. The Morgan fingerprint density at radius 2 is 2.22 bits per heavy atom. The van der Waals surface area contributed by atoms with E-state index in [2.05, 4.69) is 27.2 Å². The quantitative estimate of drug-likeness (QED) is 0.902. The number of nitrogens with one attached hydrogen (secondary N) is 1. The number of nitrogens with zero attached hydrogens (tertiary/aromatic N) is 3. The molecule has 0 amide bonds. The normalized spacial score (nSPS) is 19.3. The van der Waals surface area contributed by atoms with Gasteiger partial charge in [-0.25, -0.2) is 15.0 Å². The highest BCUT2D eigenvalue weighted by molar-refractivity contribution is 7.14. The van der Waals surface area contributed by atoms with Crippen LogP contribution in [-0.4, -0.2) is 21.5 Å². The van der Waals surface area contributed by atoms with E-state index in [9.17, 15) is 0 Å². The van der Waals surface area contributed by atoms with Crippen molar-refractivity contribution in [3.63, 3.8) is 0 Å². The molecule has 18 heavy (non-hydrogen) atoms. The van der Waals surface area contributed by atoms with Gasteiger partial charge in [-0.3, -0.25) is 0 Å². The van der Waals surface area contributed by atoms with Crippen LogP contribution in [0.15, 0.2) is 12.3 Å². The summed E-state index contributed by atoms with van der Waals surface area (Å²) in [5, 5.41) is 4.43. The van der Waals surface area contributed by atoms with Gasteiger partial charge in [-0.1, -0.05) is 0 Å². The van der Waals surface area contributed by atoms with Crippen LogP contribution in [0.5, 0.6) is 0 Å². The molecule has 5 heteroatoms. The van der Waals surface area contributed by atoms with Crippen molar-refractivity contribution in [3.8, 4) is 10.7 Å². The van der Waals surface area contributed by atoms with Gasteiger partial charge in [0.05, 0.1) is 6.04 Å². The molecule has 2 aromatic rings. The lowest BCUT2D eigenvalue weighted by molar-refractivity contribution is 0.603. The molecule has 1 N–H and O–H groups in total. The maximum atomic E-state index is 4.67. The minimum absolute atomic E-state index is 0.310. The van der Waals surface area contributed by atoms with E-state index < -0.39 is 0 Å². The molecule has 0 spiro atoms. The second-order valence-electron chi connectivity index (χ2n) is 4.68. The van der Waals surface area contributed by atoms with Crippen LogP contribution in [0.2, 0.25) is 0 Å². The largest absolute Gasteiger partial charge is 0.307 e. The Labute approximate surface area is 111 Å². The van der Waals surface area contributed by atoms with Gasteiger partial charge in [0.15, 0.2) is 0 Å². The number of aryl methyl sites for hydroxylation is 2. The monoisotopic (exact) mass is 260 g/mol. The number of thiazole rings is 1. The lowest BCUT2D eigenvalue weighted by atomic mass is 10.2. The maximum absolute atomic E-state index is 4.67. The molecule has 2 aromatic heterocycles. The van der Waals surface area contributed by atoms with Gasteiger partial charge < -0.3 is 5.32 Å². The van der Waals surface area contributed by atoms with Gasteiger partial charge in [0.2, 0.25) is 0 Å². The molecule has 0 unspecified atom stereocenters. The van der Waals surface area contributed by atoms with Crippen molar-refractivity contribution in [2.75, 3.05) is 6.54 Å². The predicted molar refractivity (Wildman–Crippen MR) is 72.6 cm³/mol. The number of aromatic nitrogens is 3. The van der Waals surface area contributed by atoms with Crippen molar-refractivity contribution in [2.24, 2.45) is 0 Å². The van der Waals surface area contributed by atoms with Crippen molar-refractivity contribution in [3.05, 3.63) is 28.7 Å². The first-order valence-electron chi connectivity index (χ1n) is 6.24. The summed E-state index contributed by atoms with van der Waals surface area (Å²) in [6.07, 6.45) is 4.22. The Morgan fingerprint density at radius 3 is 2.89 bits per heavy atom. The van der Waals surface area contributed by atoms with Gasteiger partial charge in [0.1, 0.15) is 16.5 Å². The van der Waals surface area contributed by atoms with Crippen LogP contribution >= 0.6 is 11.3 Å². The molecular formula is C13H16N4S. The SMILES string of the molecule is Cc1cc(-c2ncc(C)s2)nc([C@@H]2CCCN2)n1. The summed E-state index contributed by atoms with van der Waals surface area (Å²) in [5.74, 6) is 0.912. The zero-order chi connectivity index (χ0) is 12.5. The van der Waals surface area contributed by atoms with E-state index in [0.717, 1.165) is 35.2 Å². The second kappa shape index (κ2) is 4.74. The van der Waals surface area contributed by atoms with Crippen LogP contribution in [0.3, 0.4) is 0 Å². The molecule has 1 aliphatic heterocycles. The van der Waals surface area contributed by atoms with E-state index in [4.69, 9.17) is 0 Å². The fraction of sp³-hybridized carbons (Fsp3) is 0.462. The van der Waals surface area contributed by atoms with Crippen molar-refractivity contribution in [2.45, 2.75) is 32.7 Å². The van der Waals surface area contributed by atoms with E-state index in [-0.39, 0.29) is 0 Å². The zero-order valence-electron chi connectivity index (χ0n) is 10.6. The first kappa shape index (κ1) is 11.7. The number of hydrogen-bond acceptors (Lipinski definition) is 5. The van der Waals surface area contributed by atoms with E-state index in [1.54, 1.807) is 11.3 Å². The topological polar surface area (TPSA) is 50.7 Å². The van der Waals surface area contributed by atoms with Crippen molar-refractivity contribution < 1.29 is 0 Å². The average Bonchev–Trinajstić information content (AvgIpc) is 2.98. The van der Waals surface area contributed by atoms with Gasteiger partial charge in [0.25, 0.3) is 0 Å². The standard InChI is InChI=1S/C13H16N4S/c1-8-6-11(13-15-7-9(2)18-13)17-12(16-8)10-4-3-5-14-10/h6-7,10,14H,3-5H2,1-2H3/t10-/m0/s1. The van der Waals surface area contributed by atoms with Gasteiger partial charge in [-0.15, -0.1) is 11.3 Å². The molecule has 1 aliphatic rings. The van der Waals surface area contributed by atoms with Gasteiger partial charge in [0, 0.05) is 16.8 Å². The van der Waals surface area contributed by atoms with Crippen LogP contribution in [0.1, 0.15) is 35.3 Å². The zero-order valence-corrected chi connectivity index (χ0v) is 11.4. The fourth-order valence-electron chi connectivity index (χ4n) is 2.23. The van der Waals surface area contributed by atoms with Gasteiger partial charge >= 0.3 is 0 Å². The lowest BCUT2D eigenvalue weighted by Crippen LogP contribution is -2.16. The maximum Gasteiger partial charge on any atom is 0.146 e. The number of rotatable bonds is 2. The fourth-order valence-corrected chi connectivity index (χ4v) is 2.96. The second-order valence-corrected chi connectivity index (χ2v) is 5.91. The van der Waals surface area contributed by atoms with Crippen molar-refractivity contribution in [1.29, 1.82) is 0 Å². The van der Waals surface area contributed by atoms with Crippen LogP contribution in [0.25, 0.3) is 10.7 Å². The van der Waals surface area contributed by atoms with Gasteiger partial charge in [-0.05, 0) is 39.3 Å². The molecule has 94 valence electrons. The smallest absolute Gasteiger partial charge is 0.146 e. The Morgan fingerprint density at radius 1 is 1.33 bits per heavy atom. The summed E-state index contributed by atoms with van der Waals surface area (Å²) < 4.78 is 0. The molecule has 3 rings (SSSR count). The summed E-state index contributed by atoms with van der Waals surface area (Å²) in [6, 6.07) is 2.32. The Balaban J connectivity index is 1.99. The third-order valence-electron chi connectivity index (χ3n) is 3.08. The van der Waals surface area contributed by atoms with E-state index in [0.29, 0.717) is 6.04 Å². The molecule has 1 saturated heterocycles. The summed E-state index contributed by atoms with van der Waals surface area (Å²) in [7, 11) is 0. The molecule has 0 bridgehead atoms. The van der Waals surface area contributed by atoms with Crippen LogP contribution in [0.4, 0.5) is 0 Å². The molecule has 4 nitrogen and oxygen atoms in total. The summed E-state index contributed by atoms with van der Waals surface area (Å²) >= 11 is 1.68. The summed E-state index contributed by atoms with van der Waals surface area (Å²) in [6.45, 7) is 5.15. The number of hydrogen-bond donors (Lipinski definition) is 1. The summed E-state index contributed by atoms with van der Waals surface area (Å²) in [4.78, 5) is 14.8. The van der Waals surface area contributed by atoms with Crippen LogP contribution < -0.4 is 5.32 Å². The molecule has 3 heterocycles. The highest BCUT2D eigenvalue weighted by Gasteiger charge is 2.20. The minimum Gasteiger partial charge on any atom is -0.307 e. The van der Waals surface area contributed by atoms with E-state index in [1.165, 1.54) is 11.3 Å². The van der Waals surface area contributed by atoms with Crippen molar-refractivity contribution in [1.82, 2.24) is 20.3 Å². The Kier molecular flexibility index (Phi) is 3.09. The van der Waals surface area contributed by atoms with Crippen molar-refractivity contribution >= 4 is 11.3 Å². The molecule has 0 radical (unpaired) electrons. The minimum atomic E-state index is 0.310.